The Kier molecular flexibility index (Phi) is 9.00. The standard InChI is InChI=1S/C23H28Cl2N2O3/c1-15(2)13-26-23(29)16(3)27(14-17-7-5-8-18(11-17)30-4)22(28)12-19-20(24)9-6-10-21(19)25/h5-11,15-16H,12-14H2,1-4H3,(H,26,29)/t16-/m1/s1. The van der Waals surface area contributed by atoms with E-state index in [4.69, 9.17) is 27.9 Å². The highest BCUT2D eigenvalue weighted by Gasteiger charge is 2.27. The lowest BCUT2D eigenvalue weighted by Gasteiger charge is -2.29. The van der Waals surface area contributed by atoms with E-state index in [2.05, 4.69) is 5.32 Å². The maximum absolute atomic E-state index is 13.3. The van der Waals surface area contributed by atoms with Crippen molar-refractivity contribution in [2.24, 2.45) is 5.92 Å². The van der Waals surface area contributed by atoms with Crippen molar-refractivity contribution in [3.8, 4) is 5.75 Å². The van der Waals surface area contributed by atoms with E-state index in [1.54, 1.807) is 37.1 Å². The Labute approximate surface area is 188 Å². The van der Waals surface area contributed by atoms with Crippen LogP contribution in [0.15, 0.2) is 42.5 Å². The van der Waals surface area contributed by atoms with Crippen molar-refractivity contribution < 1.29 is 14.3 Å². The first-order valence-corrected chi connectivity index (χ1v) is 10.6. The van der Waals surface area contributed by atoms with Crippen molar-refractivity contribution in [2.45, 2.75) is 39.8 Å². The molecular weight excluding hydrogens is 423 g/mol. The molecule has 7 heteroatoms. The van der Waals surface area contributed by atoms with Gasteiger partial charge in [-0.15, -0.1) is 0 Å². The molecule has 1 N–H and O–H groups in total. The fourth-order valence-electron chi connectivity index (χ4n) is 2.96. The maximum Gasteiger partial charge on any atom is 0.242 e. The molecule has 0 saturated heterocycles. The second kappa shape index (κ2) is 11.2. The highest BCUT2D eigenvalue weighted by molar-refractivity contribution is 6.36. The van der Waals surface area contributed by atoms with Crippen molar-refractivity contribution in [2.75, 3.05) is 13.7 Å². The van der Waals surface area contributed by atoms with Crippen LogP contribution in [0.1, 0.15) is 31.9 Å². The van der Waals surface area contributed by atoms with Crippen LogP contribution in [0.3, 0.4) is 0 Å². The number of methoxy groups -OCH3 is 1. The molecule has 0 bridgehead atoms. The van der Waals surface area contributed by atoms with E-state index in [-0.39, 0.29) is 24.8 Å². The Morgan fingerprint density at radius 2 is 1.70 bits per heavy atom. The molecule has 0 fully saturated rings. The smallest absolute Gasteiger partial charge is 0.242 e. The average Bonchev–Trinajstić information content (AvgIpc) is 2.72. The molecule has 2 aromatic carbocycles. The number of halogens is 2. The molecule has 0 aromatic heterocycles. The largest absolute Gasteiger partial charge is 0.497 e. The van der Waals surface area contributed by atoms with E-state index in [0.717, 1.165) is 5.56 Å². The van der Waals surface area contributed by atoms with Gasteiger partial charge in [0.1, 0.15) is 11.8 Å². The third kappa shape index (κ3) is 6.64. The summed E-state index contributed by atoms with van der Waals surface area (Å²) in [5.74, 6) is 0.557. The van der Waals surface area contributed by atoms with Gasteiger partial charge in [0.2, 0.25) is 11.8 Å². The average molecular weight is 451 g/mol. The van der Waals surface area contributed by atoms with Gasteiger partial charge >= 0.3 is 0 Å². The number of benzene rings is 2. The highest BCUT2D eigenvalue weighted by Crippen LogP contribution is 2.26. The number of hydrogen-bond acceptors (Lipinski definition) is 3. The van der Waals surface area contributed by atoms with Gasteiger partial charge in [0.25, 0.3) is 0 Å². The highest BCUT2D eigenvalue weighted by atomic mass is 35.5. The molecule has 2 amide bonds. The molecule has 2 aromatic rings. The molecule has 0 saturated carbocycles. The minimum absolute atomic E-state index is 0.00424. The zero-order valence-electron chi connectivity index (χ0n) is 17.7. The van der Waals surface area contributed by atoms with Crippen molar-refractivity contribution in [3.05, 3.63) is 63.6 Å². The Morgan fingerprint density at radius 3 is 2.30 bits per heavy atom. The lowest BCUT2D eigenvalue weighted by molar-refractivity contribution is -0.140. The Balaban J connectivity index is 2.29. The predicted molar refractivity (Wildman–Crippen MR) is 121 cm³/mol. The zero-order chi connectivity index (χ0) is 22.3. The number of carbonyl (C=O) groups is 2. The quantitative estimate of drug-likeness (QED) is 0.600. The van der Waals surface area contributed by atoms with Crippen molar-refractivity contribution in [3.63, 3.8) is 0 Å². The topological polar surface area (TPSA) is 58.6 Å². The van der Waals surface area contributed by atoms with E-state index in [1.165, 1.54) is 0 Å². The van der Waals surface area contributed by atoms with E-state index in [1.807, 2.05) is 38.1 Å². The van der Waals surface area contributed by atoms with Gasteiger partial charge in [0, 0.05) is 23.1 Å². The summed E-state index contributed by atoms with van der Waals surface area (Å²) in [6.07, 6.45) is 0.00424. The summed E-state index contributed by atoms with van der Waals surface area (Å²) in [6.45, 7) is 6.56. The first kappa shape index (κ1) is 24.0. The molecule has 0 spiro atoms. The van der Waals surface area contributed by atoms with Crippen LogP contribution in [0, 0.1) is 5.92 Å². The van der Waals surface area contributed by atoms with Crippen LogP contribution in [0.5, 0.6) is 5.75 Å². The third-order valence-corrected chi connectivity index (χ3v) is 5.44. The van der Waals surface area contributed by atoms with E-state index in [0.29, 0.717) is 33.8 Å². The van der Waals surface area contributed by atoms with Gasteiger partial charge in [0.05, 0.1) is 13.5 Å². The normalized spacial score (nSPS) is 11.8. The van der Waals surface area contributed by atoms with Crippen molar-refractivity contribution in [1.29, 1.82) is 0 Å². The number of carbonyl (C=O) groups excluding carboxylic acids is 2. The minimum Gasteiger partial charge on any atom is -0.497 e. The maximum atomic E-state index is 13.3. The van der Waals surface area contributed by atoms with Crippen LogP contribution in [0.2, 0.25) is 10.0 Å². The predicted octanol–water partition coefficient (Wildman–Crippen LogP) is 4.73. The summed E-state index contributed by atoms with van der Waals surface area (Å²) in [6, 6.07) is 11.9. The second-order valence-electron chi connectivity index (χ2n) is 7.57. The summed E-state index contributed by atoms with van der Waals surface area (Å²) in [5, 5.41) is 3.75. The number of hydrogen-bond donors (Lipinski definition) is 1. The molecular formula is C23H28Cl2N2O3. The third-order valence-electron chi connectivity index (χ3n) is 4.73. The van der Waals surface area contributed by atoms with Crippen molar-refractivity contribution >= 4 is 35.0 Å². The van der Waals surface area contributed by atoms with Gasteiger partial charge in [-0.1, -0.05) is 55.2 Å². The van der Waals surface area contributed by atoms with Crippen LogP contribution in [-0.2, 0) is 22.6 Å². The monoisotopic (exact) mass is 450 g/mol. The van der Waals surface area contributed by atoms with Gasteiger partial charge in [-0.25, -0.2) is 0 Å². The number of nitrogens with one attached hydrogen (secondary N) is 1. The lowest BCUT2D eigenvalue weighted by Crippen LogP contribution is -2.48. The molecule has 1 atom stereocenters. The van der Waals surface area contributed by atoms with Crippen LogP contribution >= 0.6 is 23.2 Å². The Hall–Kier alpha value is -2.24. The molecule has 0 aliphatic rings. The number of rotatable bonds is 9. The molecule has 30 heavy (non-hydrogen) atoms. The molecule has 0 unspecified atom stereocenters. The SMILES string of the molecule is COc1cccc(CN(C(=O)Cc2c(Cl)cccc2Cl)[C@H](C)C(=O)NCC(C)C)c1. The zero-order valence-corrected chi connectivity index (χ0v) is 19.3. The van der Waals surface area contributed by atoms with Crippen LogP contribution in [0.25, 0.3) is 0 Å². The first-order chi connectivity index (χ1) is 14.2. The van der Waals surface area contributed by atoms with E-state index < -0.39 is 6.04 Å². The molecule has 0 aliphatic carbocycles. The fraction of sp³-hybridized carbons (Fsp3) is 0.391. The minimum atomic E-state index is -0.663. The van der Waals surface area contributed by atoms with Gasteiger partial charge in [-0.05, 0) is 48.2 Å². The molecule has 0 aliphatic heterocycles. The number of nitrogens with zero attached hydrogens (tertiary/aromatic N) is 1. The fourth-order valence-corrected chi connectivity index (χ4v) is 3.49. The Bertz CT molecular complexity index is 866. The van der Waals surface area contributed by atoms with Crippen LogP contribution in [-0.4, -0.2) is 36.4 Å². The number of amides is 2. The summed E-state index contributed by atoms with van der Waals surface area (Å²) in [4.78, 5) is 27.5. The summed E-state index contributed by atoms with van der Waals surface area (Å²) in [7, 11) is 1.59. The molecule has 162 valence electrons. The molecule has 0 radical (unpaired) electrons. The molecule has 2 rings (SSSR count). The summed E-state index contributed by atoms with van der Waals surface area (Å²) < 4.78 is 5.28. The second-order valence-corrected chi connectivity index (χ2v) is 8.38. The van der Waals surface area contributed by atoms with Gasteiger partial charge < -0.3 is 15.0 Å². The first-order valence-electron chi connectivity index (χ1n) is 9.86. The summed E-state index contributed by atoms with van der Waals surface area (Å²) >= 11 is 12.5. The van der Waals surface area contributed by atoms with Crippen LogP contribution < -0.4 is 10.1 Å². The molecule has 0 heterocycles. The molecule has 5 nitrogen and oxygen atoms in total. The van der Waals surface area contributed by atoms with Gasteiger partial charge in [0.15, 0.2) is 0 Å². The van der Waals surface area contributed by atoms with Gasteiger partial charge in [-0.2, -0.15) is 0 Å². The van der Waals surface area contributed by atoms with E-state index >= 15 is 0 Å². The van der Waals surface area contributed by atoms with Crippen molar-refractivity contribution in [1.82, 2.24) is 10.2 Å². The van der Waals surface area contributed by atoms with E-state index in [9.17, 15) is 9.59 Å². The number of ether oxygens (including phenoxy) is 1. The summed E-state index contributed by atoms with van der Waals surface area (Å²) in [5.41, 5.74) is 1.41. The Morgan fingerprint density at radius 1 is 1.07 bits per heavy atom. The van der Waals surface area contributed by atoms with Gasteiger partial charge in [-0.3, -0.25) is 9.59 Å². The van der Waals surface area contributed by atoms with Crippen LogP contribution in [0.4, 0.5) is 0 Å². The lowest BCUT2D eigenvalue weighted by atomic mass is 10.1.